The molecule has 0 N–H and O–H groups in total. The zero-order chi connectivity index (χ0) is 25.9. The number of halogens is 1. The van der Waals surface area contributed by atoms with E-state index in [4.69, 9.17) is 31.1 Å². The average Bonchev–Trinajstić information content (AvgIpc) is 3.27. The Morgan fingerprint density at radius 1 is 1.33 bits per heavy atom. The zero-order valence-corrected chi connectivity index (χ0v) is 21.7. The number of aromatic nitrogens is 3. The molecule has 0 radical (unpaired) electrons. The van der Waals surface area contributed by atoms with Crippen LogP contribution in [0.25, 0.3) is 16.7 Å². The van der Waals surface area contributed by atoms with Crippen molar-refractivity contribution in [2.45, 2.75) is 45.8 Å². The van der Waals surface area contributed by atoms with Gasteiger partial charge in [-0.2, -0.15) is 5.26 Å². The molecule has 1 saturated heterocycles. The fourth-order valence-corrected chi connectivity index (χ4v) is 4.45. The Labute approximate surface area is 215 Å². The van der Waals surface area contributed by atoms with Crippen LogP contribution < -0.4 is 4.74 Å². The summed E-state index contributed by atoms with van der Waals surface area (Å²) in [6, 6.07) is 9.09. The second-order valence-electron chi connectivity index (χ2n) is 9.68. The predicted molar refractivity (Wildman–Crippen MR) is 135 cm³/mol. The molecule has 0 aliphatic carbocycles. The number of fused-ring (bicyclic) bond motifs is 1. The van der Waals surface area contributed by atoms with Crippen LogP contribution in [0.15, 0.2) is 36.8 Å². The number of nitriles is 1. The van der Waals surface area contributed by atoms with Crippen LogP contribution in [0.3, 0.4) is 0 Å². The molecule has 1 fully saturated rings. The van der Waals surface area contributed by atoms with E-state index < -0.39 is 5.60 Å². The van der Waals surface area contributed by atoms with Gasteiger partial charge in [0, 0.05) is 31.6 Å². The number of benzene rings is 1. The van der Waals surface area contributed by atoms with E-state index in [0.717, 1.165) is 5.39 Å². The highest BCUT2D eigenvalue weighted by molar-refractivity contribution is 6.32. The summed E-state index contributed by atoms with van der Waals surface area (Å²) in [4.78, 5) is 23.2. The number of hydrogen-bond donors (Lipinski definition) is 0. The third-order valence-electron chi connectivity index (χ3n) is 5.94. The van der Waals surface area contributed by atoms with E-state index in [1.807, 2.05) is 44.5 Å². The Morgan fingerprint density at radius 2 is 2.14 bits per heavy atom. The normalized spacial score (nSPS) is 18.0. The smallest absolute Gasteiger partial charge is 0.410 e. The molecule has 2 atom stereocenters. The minimum atomic E-state index is -0.568. The summed E-state index contributed by atoms with van der Waals surface area (Å²) < 4.78 is 19.6. The van der Waals surface area contributed by atoms with Crippen LogP contribution in [0.5, 0.6) is 5.88 Å². The van der Waals surface area contributed by atoms with E-state index in [0.29, 0.717) is 60.5 Å². The van der Waals surface area contributed by atoms with Crippen molar-refractivity contribution in [1.82, 2.24) is 19.4 Å². The van der Waals surface area contributed by atoms with Crippen LogP contribution in [-0.4, -0.2) is 63.5 Å². The molecular weight excluding hydrogens is 482 g/mol. The van der Waals surface area contributed by atoms with Crippen molar-refractivity contribution in [3.05, 3.63) is 47.4 Å². The molecular formula is C26H30ClN5O4. The number of nitrogens with zero attached hydrogens (tertiary/aromatic N) is 5. The maximum Gasteiger partial charge on any atom is 0.410 e. The molecule has 190 valence electrons. The van der Waals surface area contributed by atoms with Crippen molar-refractivity contribution in [3.8, 4) is 17.6 Å². The zero-order valence-electron chi connectivity index (χ0n) is 20.9. The van der Waals surface area contributed by atoms with Crippen LogP contribution in [0, 0.1) is 17.2 Å². The maximum absolute atomic E-state index is 12.7. The van der Waals surface area contributed by atoms with Gasteiger partial charge in [0.1, 0.15) is 18.0 Å². The molecule has 3 aromatic rings. The number of amides is 1. The minimum absolute atomic E-state index is 0.0497. The molecule has 1 unspecified atom stereocenters. The SMILES string of the molecule is CCN(CC1COCC[C@@H]1Oc1ncnc2c1ccn2-c1ccc(C#N)cc1Cl)C(=O)OC(C)(C)C. The van der Waals surface area contributed by atoms with Crippen LogP contribution in [0.2, 0.25) is 5.02 Å². The molecule has 0 saturated carbocycles. The first-order valence-electron chi connectivity index (χ1n) is 11.9. The van der Waals surface area contributed by atoms with E-state index in [1.165, 1.54) is 6.33 Å². The summed E-state index contributed by atoms with van der Waals surface area (Å²) in [5.41, 5.74) is 1.26. The molecule has 10 heteroatoms. The number of carbonyl (C=O) groups excluding carboxylic acids is 1. The Kier molecular flexibility index (Phi) is 7.67. The molecule has 36 heavy (non-hydrogen) atoms. The molecule has 1 aliphatic heterocycles. The van der Waals surface area contributed by atoms with Crippen molar-refractivity contribution in [2.75, 3.05) is 26.3 Å². The van der Waals surface area contributed by atoms with Crippen molar-refractivity contribution in [1.29, 1.82) is 5.26 Å². The van der Waals surface area contributed by atoms with Crippen molar-refractivity contribution < 1.29 is 19.0 Å². The molecule has 1 amide bonds. The van der Waals surface area contributed by atoms with Gasteiger partial charge in [-0.3, -0.25) is 4.57 Å². The summed E-state index contributed by atoms with van der Waals surface area (Å²) in [7, 11) is 0. The van der Waals surface area contributed by atoms with Gasteiger partial charge in [-0.15, -0.1) is 0 Å². The third-order valence-corrected chi connectivity index (χ3v) is 6.24. The highest BCUT2D eigenvalue weighted by Gasteiger charge is 2.32. The molecule has 4 rings (SSSR count). The minimum Gasteiger partial charge on any atom is -0.473 e. The summed E-state index contributed by atoms with van der Waals surface area (Å²) in [5.74, 6) is 0.409. The average molecular weight is 512 g/mol. The largest absolute Gasteiger partial charge is 0.473 e. The summed E-state index contributed by atoms with van der Waals surface area (Å²) in [6.45, 7) is 9.49. The quantitative estimate of drug-likeness (QED) is 0.459. The number of rotatable bonds is 6. The molecule has 1 aromatic carbocycles. The first-order valence-corrected chi connectivity index (χ1v) is 12.3. The fourth-order valence-electron chi connectivity index (χ4n) is 4.18. The van der Waals surface area contributed by atoms with Gasteiger partial charge in [0.25, 0.3) is 0 Å². The Bertz CT molecular complexity index is 1280. The summed E-state index contributed by atoms with van der Waals surface area (Å²) >= 11 is 6.44. The number of carbonyl (C=O) groups is 1. The Hall–Kier alpha value is -3.35. The lowest BCUT2D eigenvalue weighted by molar-refractivity contribution is -0.0396. The van der Waals surface area contributed by atoms with Gasteiger partial charge in [-0.25, -0.2) is 14.8 Å². The van der Waals surface area contributed by atoms with Gasteiger partial charge in [0.05, 0.1) is 40.9 Å². The second-order valence-corrected chi connectivity index (χ2v) is 10.1. The van der Waals surface area contributed by atoms with Crippen LogP contribution in [0.4, 0.5) is 4.79 Å². The van der Waals surface area contributed by atoms with Gasteiger partial charge in [0.15, 0.2) is 5.65 Å². The van der Waals surface area contributed by atoms with Crippen LogP contribution in [-0.2, 0) is 9.47 Å². The third kappa shape index (κ3) is 5.72. The van der Waals surface area contributed by atoms with Gasteiger partial charge in [-0.05, 0) is 52.0 Å². The van der Waals surface area contributed by atoms with Crippen molar-refractivity contribution in [3.63, 3.8) is 0 Å². The molecule has 1 aliphatic rings. The Balaban J connectivity index is 1.57. The maximum atomic E-state index is 12.7. The molecule has 0 spiro atoms. The lowest BCUT2D eigenvalue weighted by Gasteiger charge is -2.35. The molecule has 0 bridgehead atoms. The highest BCUT2D eigenvalue weighted by atomic mass is 35.5. The number of ether oxygens (including phenoxy) is 3. The van der Waals surface area contributed by atoms with E-state index in [9.17, 15) is 4.79 Å². The van der Waals surface area contributed by atoms with Gasteiger partial charge < -0.3 is 19.1 Å². The van der Waals surface area contributed by atoms with E-state index in [-0.39, 0.29) is 18.1 Å². The Morgan fingerprint density at radius 3 is 2.83 bits per heavy atom. The lowest BCUT2D eigenvalue weighted by Crippen LogP contribution is -2.46. The van der Waals surface area contributed by atoms with E-state index in [2.05, 4.69) is 16.0 Å². The summed E-state index contributed by atoms with van der Waals surface area (Å²) in [6.07, 6.45) is 3.43. The molecule has 9 nitrogen and oxygen atoms in total. The highest BCUT2D eigenvalue weighted by Crippen LogP contribution is 2.31. The monoisotopic (exact) mass is 511 g/mol. The molecule has 2 aromatic heterocycles. The fraction of sp³-hybridized carbons (Fsp3) is 0.462. The van der Waals surface area contributed by atoms with Crippen molar-refractivity contribution >= 4 is 28.7 Å². The first-order chi connectivity index (χ1) is 17.2. The van der Waals surface area contributed by atoms with Crippen LogP contribution >= 0.6 is 11.6 Å². The molecule has 3 heterocycles. The summed E-state index contributed by atoms with van der Waals surface area (Å²) in [5, 5.41) is 10.3. The van der Waals surface area contributed by atoms with E-state index >= 15 is 0 Å². The topological polar surface area (TPSA) is 103 Å². The van der Waals surface area contributed by atoms with E-state index in [1.54, 1.807) is 23.1 Å². The van der Waals surface area contributed by atoms with Crippen molar-refractivity contribution in [2.24, 2.45) is 5.92 Å². The standard InChI is InChI=1S/C26H30ClN5O4/c1-5-31(25(33)36-26(2,3)4)14-18-15-34-11-9-22(18)35-24-19-8-10-32(23(19)29-16-30-24)21-7-6-17(13-28)12-20(21)27/h6-8,10,12,16,18,22H,5,9,11,14-15H2,1-4H3/t18?,22-/m0/s1. The van der Waals surface area contributed by atoms with Gasteiger partial charge in [-0.1, -0.05) is 11.6 Å². The van der Waals surface area contributed by atoms with Crippen LogP contribution in [0.1, 0.15) is 39.7 Å². The lowest BCUT2D eigenvalue weighted by atomic mass is 9.97. The first kappa shape index (κ1) is 25.7. The predicted octanol–water partition coefficient (Wildman–Crippen LogP) is 4.99. The number of hydrogen-bond acceptors (Lipinski definition) is 7. The van der Waals surface area contributed by atoms with Gasteiger partial charge in [0.2, 0.25) is 5.88 Å². The van der Waals surface area contributed by atoms with Gasteiger partial charge >= 0.3 is 6.09 Å². The second kappa shape index (κ2) is 10.7.